The molecule has 0 heterocycles. The summed E-state index contributed by atoms with van der Waals surface area (Å²) in [5.41, 5.74) is 6.90. The van der Waals surface area contributed by atoms with E-state index < -0.39 is 5.82 Å². The molecule has 3 N–H and O–H groups in total. The quantitative estimate of drug-likeness (QED) is 0.818. The van der Waals surface area contributed by atoms with Crippen molar-refractivity contribution < 1.29 is 9.18 Å². The highest BCUT2D eigenvalue weighted by molar-refractivity contribution is 6.31. The lowest BCUT2D eigenvalue weighted by molar-refractivity contribution is 0.102. The number of benzene rings is 2. The van der Waals surface area contributed by atoms with E-state index in [0.29, 0.717) is 22.0 Å². The third-order valence-electron chi connectivity index (χ3n) is 2.37. The number of anilines is 2. The Labute approximate surface area is 108 Å². The zero-order valence-electron chi connectivity index (χ0n) is 9.28. The van der Waals surface area contributed by atoms with Crippen LogP contribution < -0.4 is 11.1 Å². The third-order valence-corrected chi connectivity index (χ3v) is 2.60. The molecule has 0 unspecified atom stereocenters. The summed E-state index contributed by atoms with van der Waals surface area (Å²) < 4.78 is 12.7. The maximum absolute atomic E-state index is 12.7. The molecule has 2 aromatic rings. The van der Waals surface area contributed by atoms with E-state index in [2.05, 4.69) is 5.32 Å². The number of nitrogens with one attached hydrogen (secondary N) is 1. The summed E-state index contributed by atoms with van der Waals surface area (Å²) in [6.07, 6.45) is 0. The van der Waals surface area contributed by atoms with Gasteiger partial charge in [0, 0.05) is 10.6 Å². The highest BCUT2D eigenvalue weighted by Gasteiger charge is 2.08. The van der Waals surface area contributed by atoms with Crippen LogP contribution in [-0.2, 0) is 0 Å². The van der Waals surface area contributed by atoms with Crippen molar-refractivity contribution in [3.8, 4) is 0 Å². The summed E-state index contributed by atoms with van der Waals surface area (Å²) in [7, 11) is 0. The van der Waals surface area contributed by atoms with Crippen molar-refractivity contribution in [2.45, 2.75) is 0 Å². The Balaban J connectivity index is 2.18. The highest BCUT2D eigenvalue weighted by Crippen LogP contribution is 2.23. The standard InChI is InChI=1S/C13H10ClFN2O/c14-9-3-6-12(11(16)7-9)17-13(18)8-1-4-10(15)5-2-8/h1-7H,16H2,(H,17,18). The molecule has 0 aliphatic rings. The van der Waals surface area contributed by atoms with E-state index in [-0.39, 0.29) is 5.91 Å². The molecular weight excluding hydrogens is 255 g/mol. The number of halogens is 2. The Bertz CT molecular complexity index is 584. The molecule has 3 nitrogen and oxygen atoms in total. The van der Waals surface area contributed by atoms with Gasteiger partial charge in [0.25, 0.3) is 5.91 Å². The maximum atomic E-state index is 12.7. The summed E-state index contributed by atoms with van der Waals surface area (Å²) in [6.45, 7) is 0. The van der Waals surface area contributed by atoms with E-state index in [1.165, 1.54) is 24.3 Å². The molecule has 2 aromatic carbocycles. The Morgan fingerprint density at radius 1 is 1.17 bits per heavy atom. The number of amides is 1. The topological polar surface area (TPSA) is 55.1 Å². The molecule has 5 heteroatoms. The Morgan fingerprint density at radius 2 is 1.83 bits per heavy atom. The lowest BCUT2D eigenvalue weighted by Crippen LogP contribution is -2.13. The molecule has 92 valence electrons. The molecule has 0 bridgehead atoms. The minimum absolute atomic E-state index is 0.353. The second kappa shape index (κ2) is 5.06. The normalized spacial score (nSPS) is 10.1. The summed E-state index contributed by atoms with van der Waals surface area (Å²) in [4.78, 5) is 11.8. The Kier molecular flexibility index (Phi) is 3.48. The van der Waals surface area contributed by atoms with Gasteiger partial charge in [-0.1, -0.05) is 11.6 Å². The smallest absolute Gasteiger partial charge is 0.255 e. The van der Waals surface area contributed by atoms with E-state index in [0.717, 1.165) is 0 Å². The van der Waals surface area contributed by atoms with E-state index >= 15 is 0 Å². The van der Waals surface area contributed by atoms with Crippen LogP contribution in [0.2, 0.25) is 5.02 Å². The molecule has 0 aliphatic heterocycles. The largest absolute Gasteiger partial charge is 0.397 e. The van der Waals surface area contributed by atoms with Gasteiger partial charge >= 0.3 is 0 Å². The zero-order valence-corrected chi connectivity index (χ0v) is 10.0. The first-order valence-corrected chi connectivity index (χ1v) is 5.56. The zero-order chi connectivity index (χ0) is 13.1. The van der Waals surface area contributed by atoms with Gasteiger partial charge in [0.05, 0.1) is 11.4 Å². The van der Waals surface area contributed by atoms with Gasteiger partial charge in [-0.15, -0.1) is 0 Å². The van der Waals surface area contributed by atoms with Crippen LogP contribution in [0, 0.1) is 5.82 Å². The molecule has 0 radical (unpaired) electrons. The average molecular weight is 265 g/mol. The van der Waals surface area contributed by atoms with Crippen LogP contribution >= 0.6 is 11.6 Å². The van der Waals surface area contributed by atoms with Crippen LogP contribution in [-0.4, -0.2) is 5.91 Å². The lowest BCUT2D eigenvalue weighted by atomic mass is 10.2. The van der Waals surface area contributed by atoms with E-state index in [1.54, 1.807) is 18.2 Å². The number of carbonyl (C=O) groups excluding carboxylic acids is 1. The van der Waals surface area contributed by atoms with Crippen molar-refractivity contribution in [1.82, 2.24) is 0 Å². The first kappa shape index (κ1) is 12.4. The first-order valence-electron chi connectivity index (χ1n) is 5.18. The summed E-state index contributed by atoms with van der Waals surface area (Å²) in [6, 6.07) is 10.0. The van der Waals surface area contributed by atoms with Gasteiger partial charge in [0.2, 0.25) is 0 Å². The van der Waals surface area contributed by atoms with Crippen LogP contribution in [0.15, 0.2) is 42.5 Å². The average Bonchev–Trinajstić information content (AvgIpc) is 2.33. The molecule has 0 saturated heterocycles. The van der Waals surface area contributed by atoms with Crippen LogP contribution in [0.1, 0.15) is 10.4 Å². The Morgan fingerprint density at radius 3 is 2.44 bits per heavy atom. The summed E-state index contributed by atoms with van der Waals surface area (Å²) >= 11 is 5.75. The number of carbonyl (C=O) groups is 1. The van der Waals surface area contributed by atoms with Crippen molar-refractivity contribution in [1.29, 1.82) is 0 Å². The van der Waals surface area contributed by atoms with Crippen LogP contribution in [0.25, 0.3) is 0 Å². The van der Waals surface area contributed by atoms with Crippen LogP contribution in [0.5, 0.6) is 0 Å². The molecule has 2 rings (SSSR count). The van der Waals surface area contributed by atoms with Gasteiger partial charge in [-0.25, -0.2) is 4.39 Å². The second-order valence-electron chi connectivity index (χ2n) is 3.69. The minimum atomic E-state index is -0.391. The van der Waals surface area contributed by atoms with Crippen molar-refractivity contribution in [3.05, 3.63) is 58.9 Å². The minimum Gasteiger partial charge on any atom is -0.397 e. The Hall–Kier alpha value is -2.07. The molecule has 0 spiro atoms. The number of nitrogen functional groups attached to an aromatic ring is 1. The van der Waals surface area contributed by atoms with Crippen molar-refractivity contribution in [3.63, 3.8) is 0 Å². The maximum Gasteiger partial charge on any atom is 0.255 e. The third kappa shape index (κ3) is 2.78. The summed E-state index contributed by atoms with van der Waals surface area (Å²) in [5.74, 6) is -0.749. The van der Waals surface area contributed by atoms with Gasteiger partial charge in [-0.2, -0.15) is 0 Å². The SMILES string of the molecule is Nc1cc(Cl)ccc1NC(=O)c1ccc(F)cc1. The van der Waals surface area contributed by atoms with E-state index in [4.69, 9.17) is 17.3 Å². The fourth-order valence-electron chi connectivity index (χ4n) is 1.44. The van der Waals surface area contributed by atoms with E-state index in [9.17, 15) is 9.18 Å². The van der Waals surface area contributed by atoms with Gasteiger partial charge in [0.1, 0.15) is 5.82 Å². The molecular formula is C13H10ClFN2O. The van der Waals surface area contributed by atoms with Gasteiger partial charge in [0.15, 0.2) is 0 Å². The molecule has 0 atom stereocenters. The molecule has 1 amide bonds. The monoisotopic (exact) mass is 264 g/mol. The van der Waals surface area contributed by atoms with Gasteiger partial charge in [-0.05, 0) is 42.5 Å². The molecule has 0 aliphatic carbocycles. The number of rotatable bonds is 2. The van der Waals surface area contributed by atoms with Crippen molar-refractivity contribution in [2.75, 3.05) is 11.1 Å². The second-order valence-corrected chi connectivity index (χ2v) is 4.13. The lowest BCUT2D eigenvalue weighted by Gasteiger charge is -2.08. The highest BCUT2D eigenvalue weighted by atomic mass is 35.5. The fourth-order valence-corrected chi connectivity index (χ4v) is 1.62. The predicted molar refractivity (Wildman–Crippen MR) is 70.2 cm³/mol. The first-order chi connectivity index (χ1) is 8.56. The van der Waals surface area contributed by atoms with Gasteiger partial charge < -0.3 is 11.1 Å². The number of hydrogen-bond donors (Lipinski definition) is 2. The van der Waals surface area contributed by atoms with Gasteiger partial charge in [-0.3, -0.25) is 4.79 Å². The van der Waals surface area contributed by atoms with E-state index in [1.807, 2.05) is 0 Å². The number of nitrogens with two attached hydrogens (primary N) is 1. The van der Waals surface area contributed by atoms with Crippen LogP contribution in [0.4, 0.5) is 15.8 Å². The summed E-state index contributed by atoms with van der Waals surface area (Å²) in [5, 5.41) is 3.12. The van der Waals surface area contributed by atoms with Crippen LogP contribution in [0.3, 0.4) is 0 Å². The molecule has 0 fully saturated rings. The molecule has 0 saturated carbocycles. The molecule has 0 aromatic heterocycles. The predicted octanol–water partition coefficient (Wildman–Crippen LogP) is 3.31. The molecule has 18 heavy (non-hydrogen) atoms. The van der Waals surface area contributed by atoms with Crippen molar-refractivity contribution >= 4 is 28.9 Å². The fraction of sp³-hybridized carbons (Fsp3) is 0. The number of hydrogen-bond acceptors (Lipinski definition) is 2. The van der Waals surface area contributed by atoms with Crippen molar-refractivity contribution in [2.24, 2.45) is 0 Å².